The summed E-state index contributed by atoms with van der Waals surface area (Å²) in [6.45, 7) is 4.57. The number of anilines is 1. The molecule has 1 N–H and O–H groups in total. The number of amides is 1. The van der Waals surface area contributed by atoms with E-state index in [0.29, 0.717) is 39.6 Å². The first-order chi connectivity index (χ1) is 17.8. The minimum Gasteiger partial charge on any atom is -0.493 e. The van der Waals surface area contributed by atoms with Crippen LogP contribution in [-0.2, 0) is 11.2 Å². The predicted octanol–water partition coefficient (Wildman–Crippen LogP) is 5.41. The fraction of sp³-hybridized carbons (Fsp3) is 0.308. The number of aromatic nitrogens is 2. The molecule has 1 aromatic heterocycles. The molecule has 1 amide bonds. The van der Waals surface area contributed by atoms with E-state index in [-0.39, 0.29) is 23.8 Å². The van der Waals surface area contributed by atoms with Gasteiger partial charge in [0.25, 0.3) is 5.91 Å². The standard InChI is InChI=1S/C26H27ClN4O5S/c1-16(2)11-23-30-31-26(37-23)29-25(32)18(15-28)12-17-13-19(27)24(22(14-17)34-4)36-10-9-35-21-8-6-5-7-20(21)33-3/h5-8,12-14,16H,9-11H2,1-4H3,(H,29,31,32). The maximum Gasteiger partial charge on any atom is 0.268 e. The predicted molar refractivity (Wildman–Crippen MR) is 143 cm³/mol. The van der Waals surface area contributed by atoms with Crippen molar-refractivity contribution in [1.82, 2.24) is 10.2 Å². The van der Waals surface area contributed by atoms with Gasteiger partial charge in [0.2, 0.25) is 5.13 Å². The largest absolute Gasteiger partial charge is 0.493 e. The molecule has 11 heteroatoms. The number of nitrogens with one attached hydrogen (secondary N) is 1. The van der Waals surface area contributed by atoms with Crippen LogP contribution in [0, 0.1) is 17.2 Å². The van der Waals surface area contributed by atoms with Crippen LogP contribution in [-0.4, -0.2) is 43.5 Å². The molecule has 0 aliphatic heterocycles. The van der Waals surface area contributed by atoms with Crippen molar-refractivity contribution in [3.63, 3.8) is 0 Å². The first kappa shape index (κ1) is 27.8. The zero-order valence-electron chi connectivity index (χ0n) is 20.9. The minimum atomic E-state index is -0.598. The third-order valence-corrected chi connectivity index (χ3v) is 6.00. The molecule has 0 saturated carbocycles. The van der Waals surface area contributed by atoms with Crippen LogP contribution in [0.25, 0.3) is 6.08 Å². The molecule has 0 unspecified atom stereocenters. The molecule has 0 atom stereocenters. The summed E-state index contributed by atoms with van der Waals surface area (Å²) in [6, 6.07) is 12.4. The van der Waals surface area contributed by atoms with Crippen molar-refractivity contribution in [1.29, 1.82) is 5.26 Å². The van der Waals surface area contributed by atoms with Crippen LogP contribution in [0.1, 0.15) is 24.4 Å². The first-order valence-corrected chi connectivity index (χ1v) is 12.6. The van der Waals surface area contributed by atoms with Gasteiger partial charge in [-0.05, 0) is 41.8 Å². The number of nitrogens with zero attached hydrogens (tertiary/aromatic N) is 3. The monoisotopic (exact) mass is 542 g/mol. The van der Waals surface area contributed by atoms with Gasteiger partial charge in [0.1, 0.15) is 29.9 Å². The van der Waals surface area contributed by atoms with Gasteiger partial charge in [-0.1, -0.05) is 48.9 Å². The first-order valence-electron chi connectivity index (χ1n) is 11.4. The van der Waals surface area contributed by atoms with E-state index >= 15 is 0 Å². The molecule has 0 radical (unpaired) electrons. The van der Waals surface area contributed by atoms with Crippen LogP contribution in [0.4, 0.5) is 5.13 Å². The molecule has 9 nitrogen and oxygen atoms in total. The maximum absolute atomic E-state index is 12.6. The third kappa shape index (κ3) is 7.84. The van der Waals surface area contributed by atoms with E-state index in [1.807, 2.05) is 18.2 Å². The van der Waals surface area contributed by atoms with Gasteiger partial charge in [0.05, 0.1) is 19.2 Å². The number of hydrogen-bond donors (Lipinski definition) is 1. The van der Waals surface area contributed by atoms with E-state index < -0.39 is 5.91 Å². The molecule has 1 heterocycles. The molecule has 3 rings (SSSR count). The SMILES string of the molecule is COc1ccccc1OCCOc1c(Cl)cc(C=C(C#N)C(=O)Nc2nnc(CC(C)C)s2)cc1OC. The summed E-state index contributed by atoms with van der Waals surface area (Å²) < 4.78 is 22.2. The lowest BCUT2D eigenvalue weighted by Crippen LogP contribution is -2.13. The fourth-order valence-electron chi connectivity index (χ4n) is 3.21. The number of ether oxygens (including phenoxy) is 4. The number of carbonyl (C=O) groups excluding carboxylic acids is 1. The van der Waals surface area contributed by atoms with Crippen molar-refractivity contribution in [3.8, 4) is 29.1 Å². The Bertz CT molecular complexity index is 1300. The highest BCUT2D eigenvalue weighted by molar-refractivity contribution is 7.15. The number of para-hydroxylation sites is 2. The fourth-order valence-corrected chi connectivity index (χ4v) is 4.43. The van der Waals surface area contributed by atoms with Crippen molar-refractivity contribution < 1.29 is 23.7 Å². The summed E-state index contributed by atoms with van der Waals surface area (Å²) in [5.41, 5.74) is 0.363. The van der Waals surface area contributed by atoms with Gasteiger partial charge in [-0.3, -0.25) is 10.1 Å². The molecule has 0 aliphatic rings. The Morgan fingerprint density at radius 1 is 1.11 bits per heavy atom. The third-order valence-electron chi connectivity index (χ3n) is 4.85. The van der Waals surface area contributed by atoms with E-state index in [1.54, 1.807) is 31.4 Å². The van der Waals surface area contributed by atoms with Crippen molar-refractivity contribution in [2.75, 3.05) is 32.8 Å². The summed E-state index contributed by atoms with van der Waals surface area (Å²) in [7, 11) is 3.04. The molecule has 3 aromatic rings. The molecule has 0 saturated heterocycles. The summed E-state index contributed by atoms with van der Waals surface area (Å²) in [6.07, 6.45) is 2.17. The van der Waals surface area contributed by atoms with Gasteiger partial charge in [-0.2, -0.15) is 5.26 Å². The molecule has 194 valence electrons. The van der Waals surface area contributed by atoms with Gasteiger partial charge >= 0.3 is 0 Å². The number of nitriles is 1. The Labute approximate surface area is 224 Å². The number of carbonyl (C=O) groups is 1. The second-order valence-electron chi connectivity index (χ2n) is 8.10. The molecule has 0 bridgehead atoms. The highest BCUT2D eigenvalue weighted by Gasteiger charge is 2.16. The second-order valence-corrected chi connectivity index (χ2v) is 9.57. The minimum absolute atomic E-state index is 0.127. The van der Waals surface area contributed by atoms with Crippen molar-refractivity contribution in [3.05, 3.63) is 57.6 Å². The van der Waals surface area contributed by atoms with E-state index in [4.69, 9.17) is 30.5 Å². The Morgan fingerprint density at radius 3 is 2.49 bits per heavy atom. The topological polar surface area (TPSA) is 116 Å². The second kappa shape index (κ2) is 13.5. The van der Waals surface area contributed by atoms with Gasteiger partial charge in [-0.15, -0.1) is 10.2 Å². The number of halogens is 1. The van der Waals surface area contributed by atoms with Crippen molar-refractivity contribution >= 4 is 40.1 Å². The molecule has 0 aliphatic carbocycles. The lowest BCUT2D eigenvalue weighted by atomic mass is 10.1. The lowest BCUT2D eigenvalue weighted by molar-refractivity contribution is -0.112. The van der Waals surface area contributed by atoms with Crippen LogP contribution in [0.3, 0.4) is 0 Å². The molecule has 0 fully saturated rings. The molecular formula is C26H27ClN4O5S. The summed E-state index contributed by atoms with van der Waals surface area (Å²) in [5, 5.41) is 21.6. The Kier molecular flexibility index (Phi) is 10.1. The average Bonchev–Trinajstić information content (AvgIpc) is 3.31. The van der Waals surface area contributed by atoms with Gasteiger partial charge in [0.15, 0.2) is 23.0 Å². The van der Waals surface area contributed by atoms with Gasteiger partial charge < -0.3 is 18.9 Å². The molecule has 0 spiro atoms. The smallest absolute Gasteiger partial charge is 0.268 e. The van der Waals surface area contributed by atoms with Crippen molar-refractivity contribution in [2.45, 2.75) is 20.3 Å². The highest BCUT2D eigenvalue weighted by atomic mass is 35.5. The van der Waals surface area contributed by atoms with E-state index in [0.717, 1.165) is 11.4 Å². The summed E-state index contributed by atoms with van der Waals surface area (Å²) >= 11 is 7.72. The van der Waals surface area contributed by atoms with Gasteiger partial charge in [-0.25, -0.2) is 0 Å². The Balaban J connectivity index is 1.67. The number of methoxy groups -OCH3 is 2. The lowest BCUT2D eigenvalue weighted by Gasteiger charge is -2.14. The van der Waals surface area contributed by atoms with E-state index in [9.17, 15) is 10.1 Å². The average molecular weight is 543 g/mol. The van der Waals surface area contributed by atoms with E-state index in [2.05, 4.69) is 29.4 Å². The molecular weight excluding hydrogens is 516 g/mol. The normalized spacial score (nSPS) is 11.1. The molecule has 2 aromatic carbocycles. The van der Waals surface area contributed by atoms with Crippen LogP contribution < -0.4 is 24.3 Å². The number of hydrogen-bond acceptors (Lipinski definition) is 9. The molecule has 37 heavy (non-hydrogen) atoms. The van der Waals surface area contributed by atoms with Crippen LogP contribution in [0.5, 0.6) is 23.0 Å². The zero-order valence-corrected chi connectivity index (χ0v) is 22.5. The maximum atomic E-state index is 12.6. The van der Waals surface area contributed by atoms with E-state index in [1.165, 1.54) is 24.5 Å². The van der Waals surface area contributed by atoms with Crippen LogP contribution in [0.2, 0.25) is 5.02 Å². The van der Waals surface area contributed by atoms with Crippen LogP contribution >= 0.6 is 22.9 Å². The number of benzene rings is 2. The summed E-state index contributed by atoms with van der Waals surface area (Å²) in [4.78, 5) is 12.6. The highest BCUT2D eigenvalue weighted by Crippen LogP contribution is 2.37. The summed E-state index contributed by atoms with van der Waals surface area (Å²) in [5.74, 6) is 1.69. The Hall–Kier alpha value is -3.81. The zero-order chi connectivity index (χ0) is 26.8. The van der Waals surface area contributed by atoms with Gasteiger partial charge in [0, 0.05) is 6.42 Å². The van der Waals surface area contributed by atoms with Crippen LogP contribution in [0.15, 0.2) is 42.0 Å². The van der Waals surface area contributed by atoms with Crippen molar-refractivity contribution in [2.24, 2.45) is 5.92 Å². The quantitative estimate of drug-likeness (QED) is 0.183. The number of rotatable bonds is 12. The Morgan fingerprint density at radius 2 is 1.81 bits per heavy atom.